The van der Waals surface area contributed by atoms with Crippen molar-refractivity contribution in [3.05, 3.63) is 59.7 Å². The lowest BCUT2D eigenvalue weighted by atomic mass is 10.0. The Morgan fingerprint density at radius 3 is 1.33 bits per heavy atom. The average Bonchev–Trinajstić information content (AvgIpc) is 2.81. The highest BCUT2D eigenvalue weighted by molar-refractivity contribution is 5.95. The minimum Gasteiger partial charge on any atom is -0.330 e. The molecule has 0 aliphatic carbocycles. The molecule has 0 aliphatic rings. The smallest absolute Gasteiger partial charge is 0.241 e. The Morgan fingerprint density at radius 2 is 1.00 bits per heavy atom. The Bertz CT molecular complexity index is 783. The lowest BCUT2D eigenvalue weighted by Crippen LogP contribution is -2.35. The summed E-state index contributed by atoms with van der Waals surface area (Å²) in [6.45, 7) is 1.22. The van der Waals surface area contributed by atoms with Gasteiger partial charge in [-0.1, -0.05) is 37.1 Å². The maximum Gasteiger partial charge on any atom is 0.241 e. The fourth-order valence-corrected chi connectivity index (χ4v) is 3.40. The fourth-order valence-electron chi connectivity index (χ4n) is 3.40. The van der Waals surface area contributed by atoms with Gasteiger partial charge in [-0.25, -0.2) is 0 Å². The van der Waals surface area contributed by atoms with Gasteiger partial charge in [-0.3, -0.25) is 9.59 Å². The first-order valence-corrected chi connectivity index (χ1v) is 11.6. The third-order valence-electron chi connectivity index (χ3n) is 5.46. The molecule has 2 rings (SSSR count). The minimum absolute atomic E-state index is 0.184. The maximum absolute atomic E-state index is 12.2. The topological polar surface area (TPSA) is 162 Å². The molecule has 2 atom stereocenters. The minimum atomic E-state index is -0.532. The molecule has 2 amide bonds. The molecule has 0 radical (unpaired) electrons. The summed E-state index contributed by atoms with van der Waals surface area (Å²) in [4.78, 5) is 24.4. The summed E-state index contributed by atoms with van der Waals surface area (Å²) in [6, 6.07) is 14.3. The predicted octanol–water partition coefficient (Wildman–Crippen LogP) is 2.07. The highest BCUT2D eigenvalue weighted by Crippen LogP contribution is 2.17. The summed E-state index contributed by atoms with van der Waals surface area (Å²) >= 11 is 0. The van der Waals surface area contributed by atoms with Crippen LogP contribution in [0, 0.1) is 0 Å². The molecule has 2 aromatic rings. The van der Waals surface area contributed by atoms with E-state index in [1.807, 2.05) is 48.5 Å². The van der Waals surface area contributed by atoms with Crippen LogP contribution in [0.4, 0.5) is 11.4 Å². The second-order valence-corrected chi connectivity index (χ2v) is 8.33. The highest BCUT2D eigenvalue weighted by atomic mass is 16.2. The van der Waals surface area contributed by atoms with Gasteiger partial charge in [-0.05, 0) is 80.6 Å². The predicted molar refractivity (Wildman–Crippen MR) is 135 cm³/mol. The van der Waals surface area contributed by atoms with E-state index in [-0.39, 0.29) is 11.8 Å². The second kappa shape index (κ2) is 14.4. The van der Waals surface area contributed by atoms with Crippen molar-refractivity contribution in [1.82, 2.24) is 0 Å². The molecule has 0 fully saturated rings. The molecule has 2 aromatic carbocycles. The van der Waals surface area contributed by atoms with Crippen LogP contribution in [0.2, 0.25) is 0 Å². The highest BCUT2D eigenvalue weighted by Gasteiger charge is 2.14. The Balaban J connectivity index is 1.82. The third-order valence-corrected chi connectivity index (χ3v) is 5.46. The molecule has 10 N–H and O–H groups in total. The first-order chi connectivity index (χ1) is 15.9. The van der Waals surface area contributed by atoms with E-state index in [2.05, 4.69) is 10.6 Å². The molecule has 0 spiro atoms. The fraction of sp³-hybridized carbons (Fsp3) is 0.440. The Morgan fingerprint density at radius 1 is 0.636 bits per heavy atom. The van der Waals surface area contributed by atoms with Crippen LogP contribution in [0.5, 0.6) is 0 Å². The molecule has 8 heteroatoms. The molecule has 2 unspecified atom stereocenters. The van der Waals surface area contributed by atoms with E-state index < -0.39 is 12.1 Å². The van der Waals surface area contributed by atoms with Gasteiger partial charge in [0, 0.05) is 11.4 Å². The lowest BCUT2D eigenvalue weighted by molar-refractivity contribution is -0.118. The van der Waals surface area contributed by atoms with Crippen molar-refractivity contribution in [2.24, 2.45) is 22.9 Å². The Kier molecular flexibility index (Phi) is 11.5. The van der Waals surface area contributed by atoms with Gasteiger partial charge in [0.1, 0.15) is 0 Å². The van der Waals surface area contributed by atoms with Crippen molar-refractivity contribution in [2.45, 2.75) is 57.0 Å². The first-order valence-electron chi connectivity index (χ1n) is 11.6. The zero-order chi connectivity index (χ0) is 24.1. The number of carbonyl (C=O) groups excluding carboxylic acids is 2. The molecular formula is C25H38N6O2. The van der Waals surface area contributed by atoms with E-state index >= 15 is 0 Å². The molecule has 0 aromatic heterocycles. The molecule has 180 valence electrons. The van der Waals surface area contributed by atoms with Crippen molar-refractivity contribution in [1.29, 1.82) is 0 Å². The van der Waals surface area contributed by atoms with Gasteiger partial charge in [0.25, 0.3) is 0 Å². The van der Waals surface area contributed by atoms with Crippen LogP contribution in [-0.4, -0.2) is 37.0 Å². The van der Waals surface area contributed by atoms with E-state index in [0.717, 1.165) is 54.6 Å². The van der Waals surface area contributed by atoms with Gasteiger partial charge < -0.3 is 33.6 Å². The standard InChI is InChI=1S/C25H38N6O2/c26-15-3-1-5-22(28)24(32)30-20-11-7-18(8-12-20)17-19-9-13-21(14-10-19)31-25(33)23(29)6-2-4-16-27/h7-14,22-23H,1-6,15-17,26-29H2,(H,30,32)(H,31,33). The number of anilines is 2. The van der Waals surface area contributed by atoms with Crippen LogP contribution in [0.15, 0.2) is 48.5 Å². The van der Waals surface area contributed by atoms with Crippen molar-refractivity contribution >= 4 is 23.2 Å². The van der Waals surface area contributed by atoms with Crippen molar-refractivity contribution in [3.63, 3.8) is 0 Å². The van der Waals surface area contributed by atoms with Gasteiger partial charge >= 0.3 is 0 Å². The quantitative estimate of drug-likeness (QED) is 0.239. The molecule has 8 nitrogen and oxygen atoms in total. The number of nitrogens with one attached hydrogen (secondary N) is 2. The van der Waals surface area contributed by atoms with E-state index in [1.54, 1.807) is 0 Å². The normalized spacial score (nSPS) is 12.7. The van der Waals surface area contributed by atoms with Gasteiger partial charge in [-0.2, -0.15) is 0 Å². The number of rotatable bonds is 14. The molecule has 0 saturated heterocycles. The number of hydrogen-bond acceptors (Lipinski definition) is 6. The summed E-state index contributed by atoms with van der Waals surface area (Å²) in [5.41, 5.74) is 26.5. The van der Waals surface area contributed by atoms with Crippen LogP contribution < -0.4 is 33.6 Å². The van der Waals surface area contributed by atoms with E-state index in [1.165, 1.54) is 0 Å². The van der Waals surface area contributed by atoms with Gasteiger partial charge in [0.15, 0.2) is 0 Å². The summed E-state index contributed by atoms with van der Waals surface area (Å²) in [5.74, 6) is -0.368. The largest absolute Gasteiger partial charge is 0.330 e. The Labute approximate surface area is 196 Å². The van der Waals surface area contributed by atoms with Crippen LogP contribution in [0.1, 0.15) is 49.7 Å². The zero-order valence-corrected chi connectivity index (χ0v) is 19.3. The van der Waals surface area contributed by atoms with E-state index in [0.29, 0.717) is 25.9 Å². The number of unbranched alkanes of at least 4 members (excludes halogenated alkanes) is 2. The lowest BCUT2D eigenvalue weighted by Gasteiger charge is -2.13. The van der Waals surface area contributed by atoms with Crippen molar-refractivity contribution in [3.8, 4) is 0 Å². The number of amides is 2. The van der Waals surface area contributed by atoms with Crippen molar-refractivity contribution in [2.75, 3.05) is 23.7 Å². The van der Waals surface area contributed by atoms with Crippen LogP contribution >= 0.6 is 0 Å². The van der Waals surface area contributed by atoms with Gasteiger partial charge in [0.2, 0.25) is 11.8 Å². The van der Waals surface area contributed by atoms with E-state index in [4.69, 9.17) is 22.9 Å². The SMILES string of the molecule is NCCCCC(N)C(=O)Nc1ccc(Cc2ccc(NC(=O)C(N)CCCCN)cc2)cc1. The molecule has 0 heterocycles. The Hall–Kier alpha value is -2.78. The molecule has 0 saturated carbocycles. The van der Waals surface area contributed by atoms with Crippen LogP contribution in [-0.2, 0) is 16.0 Å². The van der Waals surface area contributed by atoms with Crippen molar-refractivity contribution < 1.29 is 9.59 Å². The summed E-state index contributed by atoms with van der Waals surface area (Å²) < 4.78 is 0. The summed E-state index contributed by atoms with van der Waals surface area (Å²) in [6.07, 6.45) is 5.40. The number of hydrogen-bond donors (Lipinski definition) is 6. The molecular weight excluding hydrogens is 416 g/mol. The molecule has 33 heavy (non-hydrogen) atoms. The maximum atomic E-state index is 12.2. The van der Waals surface area contributed by atoms with Gasteiger partial charge in [-0.15, -0.1) is 0 Å². The molecule has 0 bridgehead atoms. The summed E-state index contributed by atoms with van der Waals surface area (Å²) in [7, 11) is 0. The first kappa shape index (κ1) is 26.5. The third kappa shape index (κ3) is 9.71. The average molecular weight is 455 g/mol. The van der Waals surface area contributed by atoms with Crippen LogP contribution in [0.25, 0.3) is 0 Å². The number of nitrogens with two attached hydrogens (primary N) is 4. The summed E-state index contributed by atoms with van der Waals surface area (Å²) in [5, 5.41) is 5.72. The number of benzene rings is 2. The number of carbonyl (C=O) groups is 2. The zero-order valence-electron chi connectivity index (χ0n) is 19.3. The van der Waals surface area contributed by atoms with E-state index in [9.17, 15) is 9.59 Å². The van der Waals surface area contributed by atoms with Crippen LogP contribution in [0.3, 0.4) is 0 Å². The second-order valence-electron chi connectivity index (χ2n) is 8.33. The molecule has 0 aliphatic heterocycles. The van der Waals surface area contributed by atoms with Gasteiger partial charge in [0.05, 0.1) is 12.1 Å². The monoisotopic (exact) mass is 454 g/mol.